The highest BCUT2D eigenvalue weighted by Gasteiger charge is 2.16. The molecule has 0 saturated carbocycles. The third-order valence-electron chi connectivity index (χ3n) is 4.20. The summed E-state index contributed by atoms with van der Waals surface area (Å²) in [4.78, 5) is 17.0. The zero-order valence-electron chi connectivity index (χ0n) is 14.8. The third kappa shape index (κ3) is 3.29. The SMILES string of the molecule is Cc1cc(C)n2ncc(C(=O)Nc3cnn(Cc4ccccc4F)c3)c2n1. The van der Waals surface area contributed by atoms with Crippen molar-refractivity contribution in [2.24, 2.45) is 0 Å². The van der Waals surface area contributed by atoms with Crippen LogP contribution in [0.2, 0.25) is 0 Å². The van der Waals surface area contributed by atoms with Crippen LogP contribution in [0.5, 0.6) is 0 Å². The van der Waals surface area contributed by atoms with Crippen LogP contribution >= 0.6 is 0 Å². The molecule has 4 aromatic rings. The van der Waals surface area contributed by atoms with Crippen molar-refractivity contribution in [2.75, 3.05) is 5.32 Å². The average Bonchev–Trinajstić information content (AvgIpc) is 3.24. The summed E-state index contributed by atoms with van der Waals surface area (Å²) in [6.07, 6.45) is 4.67. The molecule has 7 nitrogen and oxygen atoms in total. The minimum absolute atomic E-state index is 0.277. The van der Waals surface area contributed by atoms with E-state index in [0.29, 0.717) is 22.5 Å². The number of carbonyl (C=O) groups excluding carboxylic acids is 1. The van der Waals surface area contributed by atoms with Crippen molar-refractivity contribution >= 4 is 17.2 Å². The van der Waals surface area contributed by atoms with E-state index in [2.05, 4.69) is 20.5 Å². The van der Waals surface area contributed by atoms with Crippen LogP contribution in [-0.2, 0) is 6.54 Å². The van der Waals surface area contributed by atoms with Gasteiger partial charge < -0.3 is 5.32 Å². The molecule has 1 amide bonds. The molecule has 3 heterocycles. The highest BCUT2D eigenvalue weighted by atomic mass is 19.1. The molecule has 0 radical (unpaired) electrons. The molecule has 8 heteroatoms. The maximum Gasteiger partial charge on any atom is 0.261 e. The maximum atomic E-state index is 13.8. The van der Waals surface area contributed by atoms with Crippen molar-refractivity contribution < 1.29 is 9.18 Å². The molecule has 136 valence electrons. The first kappa shape index (κ1) is 16.9. The number of amides is 1. The van der Waals surface area contributed by atoms with E-state index >= 15 is 0 Å². The fraction of sp³-hybridized carbons (Fsp3) is 0.158. The first-order valence-electron chi connectivity index (χ1n) is 8.40. The molecular weight excluding hydrogens is 347 g/mol. The Bertz CT molecular complexity index is 1150. The summed E-state index contributed by atoms with van der Waals surface area (Å²) in [7, 11) is 0. The summed E-state index contributed by atoms with van der Waals surface area (Å²) in [5.41, 5.74) is 3.63. The molecule has 0 bridgehead atoms. The number of carbonyl (C=O) groups is 1. The number of fused-ring (bicyclic) bond motifs is 1. The fourth-order valence-corrected chi connectivity index (χ4v) is 2.94. The van der Waals surface area contributed by atoms with Crippen LogP contribution in [0.25, 0.3) is 5.65 Å². The second-order valence-electron chi connectivity index (χ2n) is 6.30. The molecule has 3 aromatic heterocycles. The van der Waals surface area contributed by atoms with Gasteiger partial charge in [0.1, 0.15) is 11.4 Å². The summed E-state index contributed by atoms with van der Waals surface area (Å²) >= 11 is 0. The molecule has 4 rings (SSSR count). The van der Waals surface area contributed by atoms with Gasteiger partial charge in [0.05, 0.1) is 24.6 Å². The summed E-state index contributed by atoms with van der Waals surface area (Å²) in [5, 5.41) is 11.2. The molecule has 0 spiro atoms. The van der Waals surface area contributed by atoms with E-state index < -0.39 is 0 Å². The molecule has 27 heavy (non-hydrogen) atoms. The topological polar surface area (TPSA) is 77.1 Å². The van der Waals surface area contributed by atoms with Crippen molar-refractivity contribution in [3.8, 4) is 0 Å². The van der Waals surface area contributed by atoms with E-state index in [1.807, 2.05) is 19.9 Å². The fourth-order valence-electron chi connectivity index (χ4n) is 2.94. The summed E-state index contributed by atoms with van der Waals surface area (Å²) < 4.78 is 17.0. The van der Waals surface area contributed by atoms with E-state index in [9.17, 15) is 9.18 Å². The van der Waals surface area contributed by atoms with Crippen LogP contribution < -0.4 is 5.32 Å². The quantitative estimate of drug-likeness (QED) is 0.604. The van der Waals surface area contributed by atoms with E-state index in [0.717, 1.165) is 11.4 Å². The van der Waals surface area contributed by atoms with Gasteiger partial charge in [-0.1, -0.05) is 18.2 Å². The normalized spacial score (nSPS) is 11.1. The standard InChI is InChI=1S/C19H17FN6O/c1-12-7-13(2)26-18(23-12)16(9-22-26)19(27)24-15-8-21-25(11-15)10-14-5-3-4-6-17(14)20/h3-9,11H,10H2,1-2H3,(H,24,27). The number of hydrogen-bond donors (Lipinski definition) is 1. The van der Waals surface area contributed by atoms with Gasteiger partial charge in [-0.2, -0.15) is 10.2 Å². The molecule has 0 unspecified atom stereocenters. The van der Waals surface area contributed by atoms with Gasteiger partial charge >= 0.3 is 0 Å². The lowest BCUT2D eigenvalue weighted by Crippen LogP contribution is -2.12. The second kappa shape index (κ2) is 6.64. The monoisotopic (exact) mass is 364 g/mol. The predicted octanol–water partition coefficient (Wildman–Crippen LogP) is 2.98. The van der Waals surface area contributed by atoms with Crippen LogP contribution in [0.1, 0.15) is 27.3 Å². The van der Waals surface area contributed by atoms with Gasteiger partial charge in [0.25, 0.3) is 5.91 Å². The van der Waals surface area contributed by atoms with Gasteiger partial charge in [-0.15, -0.1) is 0 Å². The Morgan fingerprint density at radius 1 is 1.19 bits per heavy atom. The lowest BCUT2D eigenvalue weighted by molar-refractivity contribution is 0.102. The van der Waals surface area contributed by atoms with Gasteiger partial charge in [0, 0.05) is 23.1 Å². The highest BCUT2D eigenvalue weighted by Crippen LogP contribution is 2.15. The number of halogens is 1. The summed E-state index contributed by atoms with van der Waals surface area (Å²) in [5.74, 6) is -0.616. The second-order valence-corrected chi connectivity index (χ2v) is 6.30. The summed E-state index contributed by atoms with van der Waals surface area (Å²) in [6, 6.07) is 8.41. The van der Waals surface area contributed by atoms with Crippen LogP contribution in [-0.4, -0.2) is 30.3 Å². The van der Waals surface area contributed by atoms with Crippen LogP contribution in [0.4, 0.5) is 10.1 Å². The Balaban J connectivity index is 1.54. The van der Waals surface area contributed by atoms with E-state index in [1.54, 1.807) is 33.6 Å². The first-order valence-corrected chi connectivity index (χ1v) is 8.40. The van der Waals surface area contributed by atoms with Crippen molar-refractivity contribution in [1.29, 1.82) is 0 Å². The van der Waals surface area contributed by atoms with Gasteiger partial charge in [-0.05, 0) is 26.0 Å². The van der Waals surface area contributed by atoms with Gasteiger partial charge in [0.15, 0.2) is 5.65 Å². The van der Waals surface area contributed by atoms with Gasteiger partial charge in [0.2, 0.25) is 0 Å². The van der Waals surface area contributed by atoms with Crippen molar-refractivity contribution in [1.82, 2.24) is 24.4 Å². The number of benzene rings is 1. The number of aromatic nitrogens is 5. The van der Waals surface area contributed by atoms with Crippen molar-refractivity contribution in [3.05, 3.63) is 77.3 Å². The zero-order chi connectivity index (χ0) is 19.0. The molecule has 1 aromatic carbocycles. The Hall–Kier alpha value is -3.55. The first-order chi connectivity index (χ1) is 13.0. The Morgan fingerprint density at radius 2 is 2.00 bits per heavy atom. The molecule has 0 saturated heterocycles. The molecular formula is C19H17FN6O. The number of nitrogens with zero attached hydrogens (tertiary/aromatic N) is 5. The van der Waals surface area contributed by atoms with Crippen LogP contribution in [0, 0.1) is 19.7 Å². The number of anilines is 1. The lowest BCUT2D eigenvalue weighted by Gasteiger charge is -2.04. The predicted molar refractivity (Wildman–Crippen MR) is 98.1 cm³/mol. The van der Waals surface area contributed by atoms with Crippen molar-refractivity contribution in [2.45, 2.75) is 20.4 Å². The molecule has 1 N–H and O–H groups in total. The lowest BCUT2D eigenvalue weighted by atomic mass is 10.2. The smallest absolute Gasteiger partial charge is 0.261 e. The van der Waals surface area contributed by atoms with E-state index in [-0.39, 0.29) is 18.3 Å². The Morgan fingerprint density at radius 3 is 2.81 bits per heavy atom. The summed E-state index contributed by atoms with van der Waals surface area (Å²) in [6.45, 7) is 4.05. The van der Waals surface area contributed by atoms with E-state index in [1.165, 1.54) is 18.5 Å². The molecule has 0 aliphatic carbocycles. The highest BCUT2D eigenvalue weighted by molar-refractivity contribution is 6.08. The largest absolute Gasteiger partial charge is 0.319 e. The van der Waals surface area contributed by atoms with E-state index in [4.69, 9.17) is 0 Å². The Labute approximate surface area is 154 Å². The Kier molecular flexibility index (Phi) is 4.15. The molecule has 0 atom stereocenters. The minimum Gasteiger partial charge on any atom is -0.319 e. The van der Waals surface area contributed by atoms with Crippen LogP contribution in [0.15, 0.2) is 48.9 Å². The maximum absolute atomic E-state index is 13.8. The van der Waals surface area contributed by atoms with Crippen LogP contribution in [0.3, 0.4) is 0 Å². The zero-order valence-corrected chi connectivity index (χ0v) is 14.8. The number of nitrogens with one attached hydrogen (secondary N) is 1. The number of aryl methyl sites for hydroxylation is 2. The van der Waals surface area contributed by atoms with Gasteiger partial charge in [-0.25, -0.2) is 13.9 Å². The van der Waals surface area contributed by atoms with Crippen molar-refractivity contribution in [3.63, 3.8) is 0 Å². The molecule has 0 aliphatic heterocycles. The third-order valence-corrected chi connectivity index (χ3v) is 4.20. The molecule has 0 fully saturated rings. The van der Waals surface area contributed by atoms with Gasteiger partial charge in [-0.3, -0.25) is 9.48 Å². The number of hydrogen-bond acceptors (Lipinski definition) is 4. The minimum atomic E-state index is -0.326. The molecule has 0 aliphatic rings. The number of rotatable bonds is 4. The average molecular weight is 364 g/mol.